The Balaban J connectivity index is 2.55. The van der Waals surface area contributed by atoms with Crippen LogP contribution in [0.1, 0.15) is 18.5 Å². The first-order valence-corrected chi connectivity index (χ1v) is 5.72. The Bertz CT molecular complexity index is 715. The Hall–Kier alpha value is -2.68. The quantitative estimate of drug-likeness (QED) is 0.830. The third kappa shape index (κ3) is 2.45. The maximum Gasteiger partial charge on any atom is 0.329 e. The van der Waals surface area contributed by atoms with Crippen LogP contribution in [-0.4, -0.2) is 22.5 Å². The van der Waals surface area contributed by atoms with Crippen LogP contribution in [0.25, 0.3) is 11.0 Å². The van der Waals surface area contributed by atoms with Crippen molar-refractivity contribution in [1.29, 1.82) is 5.26 Å². The molecule has 1 heterocycles. The van der Waals surface area contributed by atoms with Gasteiger partial charge in [0.25, 0.3) is 5.56 Å². The first-order chi connectivity index (χ1) is 9.17. The van der Waals surface area contributed by atoms with Gasteiger partial charge in [0.05, 0.1) is 23.7 Å². The fourth-order valence-electron chi connectivity index (χ4n) is 1.69. The van der Waals surface area contributed by atoms with E-state index in [0.717, 1.165) is 0 Å². The molecule has 0 radical (unpaired) electrons. The van der Waals surface area contributed by atoms with Crippen molar-refractivity contribution in [3.8, 4) is 6.07 Å². The van der Waals surface area contributed by atoms with Crippen LogP contribution in [0, 0.1) is 11.3 Å². The summed E-state index contributed by atoms with van der Waals surface area (Å²) in [6.45, 7) is 1.77. The van der Waals surface area contributed by atoms with Crippen LogP contribution in [0.15, 0.2) is 29.1 Å². The third-order valence-electron chi connectivity index (χ3n) is 2.55. The highest BCUT2D eigenvalue weighted by atomic mass is 16.5. The summed E-state index contributed by atoms with van der Waals surface area (Å²) in [6.07, 6.45) is 0. The summed E-state index contributed by atoms with van der Waals surface area (Å²) in [6, 6.07) is 8.64. The van der Waals surface area contributed by atoms with Gasteiger partial charge >= 0.3 is 5.97 Å². The summed E-state index contributed by atoms with van der Waals surface area (Å²) < 4.78 is 4.76. The van der Waals surface area contributed by atoms with E-state index in [0.29, 0.717) is 11.0 Å². The average molecular weight is 257 g/mol. The lowest BCUT2D eigenvalue weighted by Gasteiger charge is -2.07. The standard InChI is InChI=1S/C13H11N3O3/c1-2-19-13(18)8(7-14)11-12(17)16-10-6-4-3-5-9(10)15-11/h3-6,8H,2H2,1H3,(H,16,17). The van der Waals surface area contributed by atoms with E-state index in [2.05, 4.69) is 9.97 Å². The lowest BCUT2D eigenvalue weighted by Crippen LogP contribution is -2.24. The molecule has 1 atom stereocenters. The molecule has 19 heavy (non-hydrogen) atoms. The van der Waals surface area contributed by atoms with Crippen LogP contribution >= 0.6 is 0 Å². The van der Waals surface area contributed by atoms with Crippen LogP contribution in [0.4, 0.5) is 0 Å². The molecule has 6 heteroatoms. The average Bonchev–Trinajstić information content (AvgIpc) is 2.40. The van der Waals surface area contributed by atoms with E-state index in [9.17, 15) is 9.59 Å². The fourth-order valence-corrected chi connectivity index (χ4v) is 1.69. The Morgan fingerprint density at radius 3 is 2.95 bits per heavy atom. The van der Waals surface area contributed by atoms with Crippen LogP contribution < -0.4 is 5.56 Å². The van der Waals surface area contributed by atoms with Crippen LogP contribution in [-0.2, 0) is 9.53 Å². The minimum atomic E-state index is -1.31. The molecule has 1 aromatic heterocycles. The number of carbonyl (C=O) groups is 1. The number of nitriles is 1. The second-order valence-electron chi connectivity index (χ2n) is 3.78. The Kier molecular flexibility index (Phi) is 3.57. The second-order valence-corrected chi connectivity index (χ2v) is 3.78. The maximum atomic E-state index is 11.9. The SMILES string of the molecule is CCOC(=O)C(C#N)c1nc2ccccc2[nH]c1=O. The molecule has 0 amide bonds. The molecule has 0 aliphatic carbocycles. The van der Waals surface area contributed by atoms with Gasteiger partial charge < -0.3 is 9.72 Å². The van der Waals surface area contributed by atoms with Gasteiger partial charge in [0.1, 0.15) is 5.69 Å². The zero-order valence-corrected chi connectivity index (χ0v) is 10.2. The summed E-state index contributed by atoms with van der Waals surface area (Å²) in [5, 5.41) is 9.03. The number of benzene rings is 1. The number of fused-ring (bicyclic) bond motifs is 1. The molecular weight excluding hydrogens is 246 g/mol. The molecule has 1 unspecified atom stereocenters. The van der Waals surface area contributed by atoms with Crippen molar-refractivity contribution in [2.75, 3.05) is 6.61 Å². The summed E-state index contributed by atoms with van der Waals surface area (Å²) in [5.74, 6) is -2.08. The molecule has 0 aliphatic rings. The predicted octanol–water partition coefficient (Wildman–Crippen LogP) is 1.09. The van der Waals surface area contributed by atoms with Crippen molar-refractivity contribution in [3.05, 3.63) is 40.3 Å². The molecule has 2 aromatic rings. The molecule has 1 N–H and O–H groups in total. The van der Waals surface area contributed by atoms with Crippen LogP contribution in [0.5, 0.6) is 0 Å². The highest BCUT2D eigenvalue weighted by Crippen LogP contribution is 2.14. The number of aromatic amines is 1. The fraction of sp³-hybridized carbons (Fsp3) is 0.231. The molecule has 0 fully saturated rings. The minimum Gasteiger partial charge on any atom is -0.465 e. The Morgan fingerprint density at radius 1 is 1.53 bits per heavy atom. The van der Waals surface area contributed by atoms with Crippen LogP contribution in [0.2, 0.25) is 0 Å². The van der Waals surface area contributed by atoms with Crippen molar-refractivity contribution in [1.82, 2.24) is 9.97 Å². The topological polar surface area (TPSA) is 95.8 Å². The predicted molar refractivity (Wildman–Crippen MR) is 67.4 cm³/mol. The monoisotopic (exact) mass is 257 g/mol. The molecule has 6 nitrogen and oxygen atoms in total. The van der Waals surface area contributed by atoms with Gasteiger partial charge in [-0.2, -0.15) is 5.26 Å². The molecule has 96 valence electrons. The number of nitrogens with one attached hydrogen (secondary N) is 1. The van der Waals surface area contributed by atoms with E-state index in [-0.39, 0.29) is 12.3 Å². The lowest BCUT2D eigenvalue weighted by molar-refractivity contribution is -0.143. The second kappa shape index (κ2) is 5.31. The third-order valence-corrected chi connectivity index (χ3v) is 2.55. The van der Waals surface area contributed by atoms with Crippen LogP contribution in [0.3, 0.4) is 0 Å². The van der Waals surface area contributed by atoms with Gasteiger partial charge in [-0.3, -0.25) is 9.59 Å². The number of esters is 1. The van der Waals surface area contributed by atoms with Gasteiger partial charge in [-0.25, -0.2) is 4.98 Å². The van der Waals surface area contributed by atoms with E-state index < -0.39 is 17.4 Å². The van der Waals surface area contributed by atoms with E-state index in [1.807, 2.05) is 0 Å². The van der Waals surface area contributed by atoms with E-state index in [1.54, 1.807) is 37.3 Å². The normalized spacial score (nSPS) is 11.8. The number of nitrogens with zero attached hydrogens (tertiary/aromatic N) is 2. The van der Waals surface area contributed by atoms with Crippen molar-refractivity contribution in [3.63, 3.8) is 0 Å². The van der Waals surface area contributed by atoms with Gasteiger partial charge in [-0.05, 0) is 19.1 Å². The van der Waals surface area contributed by atoms with Crippen molar-refractivity contribution >= 4 is 17.0 Å². The molecule has 2 rings (SSSR count). The number of hydrogen-bond donors (Lipinski definition) is 1. The van der Waals surface area contributed by atoms with Crippen molar-refractivity contribution in [2.24, 2.45) is 0 Å². The van der Waals surface area contributed by atoms with E-state index >= 15 is 0 Å². The molecule has 0 aliphatic heterocycles. The Labute approximate surface area is 108 Å². The lowest BCUT2D eigenvalue weighted by atomic mass is 10.1. The summed E-state index contributed by atoms with van der Waals surface area (Å²) in [7, 11) is 0. The summed E-state index contributed by atoms with van der Waals surface area (Å²) in [5.41, 5.74) is 0.372. The first-order valence-electron chi connectivity index (χ1n) is 5.72. The van der Waals surface area contributed by atoms with Gasteiger partial charge in [0, 0.05) is 0 Å². The highest BCUT2D eigenvalue weighted by molar-refractivity contribution is 5.82. The minimum absolute atomic E-state index is 0.139. The van der Waals surface area contributed by atoms with Crippen molar-refractivity contribution in [2.45, 2.75) is 12.8 Å². The number of H-pyrrole nitrogens is 1. The van der Waals surface area contributed by atoms with E-state index in [4.69, 9.17) is 10.00 Å². The molecule has 0 bridgehead atoms. The highest BCUT2D eigenvalue weighted by Gasteiger charge is 2.26. The molecule has 0 saturated heterocycles. The number of ether oxygens (including phenoxy) is 1. The van der Waals surface area contributed by atoms with Gasteiger partial charge in [-0.15, -0.1) is 0 Å². The zero-order chi connectivity index (χ0) is 13.8. The zero-order valence-electron chi connectivity index (χ0n) is 10.2. The summed E-state index contributed by atoms with van der Waals surface area (Å²) >= 11 is 0. The van der Waals surface area contributed by atoms with Gasteiger partial charge in [-0.1, -0.05) is 12.1 Å². The molecule has 0 spiro atoms. The van der Waals surface area contributed by atoms with Crippen molar-refractivity contribution < 1.29 is 9.53 Å². The van der Waals surface area contributed by atoms with E-state index in [1.165, 1.54) is 0 Å². The number of aromatic nitrogens is 2. The number of para-hydroxylation sites is 2. The molecular formula is C13H11N3O3. The molecule has 0 saturated carbocycles. The summed E-state index contributed by atoms with van der Waals surface area (Å²) in [4.78, 5) is 30.2. The van der Waals surface area contributed by atoms with Gasteiger partial charge in [0.2, 0.25) is 0 Å². The number of rotatable bonds is 3. The smallest absolute Gasteiger partial charge is 0.329 e. The number of carbonyl (C=O) groups excluding carboxylic acids is 1. The number of hydrogen-bond acceptors (Lipinski definition) is 5. The van der Waals surface area contributed by atoms with Gasteiger partial charge in [0.15, 0.2) is 5.92 Å². The molecule has 1 aromatic carbocycles. The Morgan fingerprint density at radius 2 is 2.26 bits per heavy atom. The maximum absolute atomic E-state index is 11.9. The first kappa shape index (κ1) is 12.8. The largest absolute Gasteiger partial charge is 0.465 e.